The highest BCUT2D eigenvalue weighted by Gasteiger charge is 2.33. The predicted molar refractivity (Wildman–Crippen MR) is 125 cm³/mol. The molecule has 1 aliphatic heterocycles. The van der Waals surface area contributed by atoms with Crippen molar-refractivity contribution in [3.63, 3.8) is 0 Å². The van der Waals surface area contributed by atoms with Crippen LogP contribution in [-0.2, 0) is 26.6 Å². The molecule has 2 heterocycles. The minimum absolute atomic E-state index is 0.0477. The third kappa shape index (κ3) is 4.16. The predicted octanol–water partition coefficient (Wildman–Crippen LogP) is 3.62. The zero-order chi connectivity index (χ0) is 24.8. The maximum atomic E-state index is 13.1. The van der Waals surface area contributed by atoms with Gasteiger partial charge in [-0.1, -0.05) is 23.7 Å². The van der Waals surface area contributed by atoms with Gasteiger partial charge < -0.3 is 15.1 Å². The van der Waals surface area contributed by atoms with Gasteiger partial charge in [-0.3, -0.25) is 4.79 Å². The molecule has 4 rings (SSSR count). The molecular weight excluding hydrogens is 478 g/mol. The number of rotatable bonds is 4. The van der Waals surface area contributed by atoms with Crippen LogP contribution < -0.4 is 10.6 Å². The van der Waals surface area contributed by atoms with E-state index in [0.717, 1.165) is 5.41 Å². The summed E-state index contributed by atoms with van der Waals surface area (Å²) >= 11 is 5.97. The van der Waals surface area contributed by atoms with Gasteiger partial charge in [-0.15, -0.1) is 10.2 Å². The second-order valence-electron chi connectivity index (χ2n) is 8.42. The van der Waals surface area contributed by atoms with Crippen LogP contribution in [0, 0.1) is 18.3 Å². The van der Waals surface area contributed by atoms with Crippen LogP contribution in [0.5, 0.6) is 0 Å². The molecule has 9 nitrogen and oxygen atoms in total. The molecule has 1 aromatic heterocycles. The third-order valence-electron chi connectivity index (χ3n) is 5.40. The number of fused-ring (bicyclic) bond motifs is 1. The van der Waals surface area contributed by atoms with E-state index >= 15 is 0 Å². The van der Waals surface area contributed by atoms with Crippen LogP contribution in [0.4, 0.5) is 5.69 Å². The molecule has 2 aromatic carbocycles. The van der Waals surface area contributed by atoms with E-state index in [9.17, 15) is 18.5 Å². The van der Waals surface area contributed by atoms with Crippen molar-refractivity contribution in [2.24, 2.45) is 5.73 Å². The van der Waals surface area contributed by atoms with Crippen LogP contribution in [0.3, 0.4) is 0 Å². The molecule has 0 saturated heterocycles. The molecule has 0 spiro atoms. The summed E-state index contributed by atoms with van der Waals surface area (Å²) in [6.45, 7) is 5.02. The monoisotopic (exact) mass is 497 g/mol. The maximum absolute atomic E-state index is 13.1. The van der Waals surface area contributed by atoms with E-state index in [0.29, 0.717) is 21.7 Å². The Labute approximate surface area is 201 Å². The van der Waals surface area contributed by atoms with Crippen molar-refractivity contribution >= 4 is 33.0 Å². The number of anilines is 1. The van der Waals surface area contributed by atoms with Crippen LogP contribution in [-0.4, -0.2) is 24.5 Å². The number of aromatic nitrogens is 2. The van der Waals surface area contributed by atoms with E-state index in [1.165, 1.54) is 17.0 Å². The zero-order valence-corrected chi connectivity index (χ0v) is 20.1. The molecule has 0 bridgehead atoms. The van der Waals surface area contributed by atoms with E-state index in [1.807, 2.05) is 0 Å². The minimum Gasteiger partial charge on any atom is -0.419 e. The fourth-order valence-electron chi connectivity index (χ4n) is 3.45. The average Bonchev–Trinajstić information content (AvgIpc) is 3.27. The highest BCUT2D eigenvalue weighted by atomic mass is 35.5. The Kier molecular flexibility index (Phi) is 5.71. The molecule has 0 radical (unpaired) electrons. The topological polar surface area (TPSA) is 143 Å². The number of amides is 1. The number of nitriles is 1. The van der Waals surface area contributed by atoms with Crippen LogP contribution in [0.15, 0.2) is 56.8 Å². The lowest BCUT2D eigenvalue weighted by Crippen LogP contribution is -2.33. The molecule has 2 N–H and O–H groups in total. The van der Waals surface area contributed by atoms with Crippen LogP contribution >= 0.6 is 11.6 Å². The van der Waals surface area contributed by atoms with E-state index in [4.69, 9.17) is 21.8 Å². The lowest BCUT2D eigenvalue weighted by molar-refractivity contribution is -0.115. The number of carbonyl (C=O) groups is 1. The van der Waals surface area contributed by atoms with Gasteiger partial charge in [0.2, 0.25) is 21.6 Å². The molecule has 0 atom stereocenters. The first-order valence-corrected chi connectivity index (χ1v) is 12.0. The average molecular weight is 498 g/mol. The van der Waals surface area contributed by atoms with Crippen molar-refractivity contribution in [1.29, 1.82) is 5.26 Å². The molecule has 0 saturated carbocycles. The summed E-state index contributed by atoms with van der Waals surface area (Å²) in [4.78, 5) is 14.3. The summed E-state index contributed by atoms with van der Waals surface area (Å²) in [6, 6.07) is 11.9. The fourth-order valence-corrected chi connectivity index (χ4v) is 4.94. The smallest absolute Gasteiger partial charge is 0.275 e. The molecule has 1 amide bonds. The summed E-state index contributed by atoms with van der Waals surface area (Å²) in [5.74, 6) is -0.448. The number of hydrogen-bond donors (Lipinski definition) is 1. The van der Waals surface area contributed by atoms with E-state index in [2.05, 4.69) is 16.3 Å². The molecule has 3 aromatic rings. The summed E-state index contributed by atoms with van der Waals surface area (Å²) in [5, 5.41) is 18.7. The van der Waals surface area contributed by atoms with E-state index in [-0.39, 0.29) is 28.9 Å². The standard InChI is InChI=1S/C23H20ClN5O4S/c1-13-8-19-18(9-16(13)20-27-28-22(33-20)23(2,3)12-25)29(10-14-4-6-15(24)7-5-14)21(30)17(26)11-34(19,31)32/h4-9,11H,10,26H2,1-3H3. The largest absolute Gasteiger partial charge is 0.419 e. The number of benzene rings is 2. The Balaban J connectivity index is 1.90. The van der Waals surface area contributed by atoms with E-state index in [1.54, 1.807) is 45.0 Å². The van der Waals surface area contributed by atoms with Crippen molar-refractivity contribution in [3.8, 4) is 17.5 Å². The second-order valence-corrected chi connectivity index (χ2v) is 10.6. The Morgan fingerprint density at radius 1 is 1.21 bits per heavy atom. The van der Waals surface area contributed by atoms with Crippen LogP contribution in [0.1, 0.15) is 30.9 Å². The van der Waals surface area contributed by atoms with Crippen LogP contribution in [0.25, 0.3) is 11.5 Å². The normalized spacial score (nSPS) is 15.3. The van der Waals surface area contributed by atoms with Crippen molar-refractivity contribution < 1.29 is 17.6 Å². The number of aryl methyl sites for hydroxylation is 1. The Hall–Kier alpha value is -3.68. The van der Waals surface area contributed by atoms with Gasteiger partial charge in [-0.25, -0.2) is 8.42 Å². The summed E-state index contributed by atoms with van der Waals surface area (Å²) in [7, 11) is -4.02. The van der Waals surface area contributed by atoms with Gasteiger partial charge in [0.1, 0.15) is 11.1 Å². The van der Waals surface area contributed by atoms with Crippen molar-refractivity contribution in [2.45, 2.75) is 37.6 Å². The lowest BCUT2D eigenvalue weighted by atomic mass is 9.96. The number of nitrogens with zero attached hydrogens (tertiary/aromatic N) is 4. The number of halogens is 1. The Morgan fingerprint density at radius 2 is 1.88 bits per heavy atom. The molecule has 1 aliphatic rings. The first-order valence-electron chi connectivity index (χ1n) is 10.1. The van der Waals surface area contributed by atoms with Crippen molar-refractivity contribution in [1.82, 2.24) is 10.2 Å². The number of carbonyl (C=O) groups excluding carboxylic acids is 1. The number of hydrogen-bond acceptors (Lipinski definition) is 8. The molecular formula is C23H20ClN5O4S. The number of nitrogens with two attached hydrogens (primary N) is 1. The van der Waals surface area contributed by atoms with Gasteiger partial charge in [0.25, 0.3) is 5.91 Å². The van der Waals surface area contributed by atoms with E-state index < -0.39 is 26.9 Å². The highest BCUT2D eigenvalue weighted by Crippen LogP contribution is 2.38. The summed E-state index contributed by atoms with van der Waals surface area (Å²) < 4.78 is 31.8. The van der Waals surface area contributed by atoms with Gasteiger partial charge in [0, 0.05) is 10.6 Å². The van der Waals surface area contributed by atoms with Gasteiger partial charge >= 0.3 is 0 Å². The first-order chi connectivity index (χ1) is 15.9. The quantitative estimate of drug-likeness (QED) is 0.575. The molecule has 34 heavy (non-hydrogen) atoms. The molecule has 174 valence electrons. The minimum atomic E-state index is -4.02. The summed E-state index contributed by atoms with van der Waals surface area (Å²) in [6.07, 6.45) is 0. The van der Waals surface area contributed by atoms with Gasteiger partial charge in [0.05, 0.1) is 28.6 Å². The maximum Gasteiger partial charge on any atom is 0.275 e. The van der Waals surface area contributed by atoms with Gasteiger partial charge in [-0.05, 0) is 56.2 Å². The van der Waals surface area contributed by atoms with Crippen molar-refractivity contribution in [3.05, 3.63) is 69.5 Å². The highest BCUT2D eigenvalue weighted by molar-refractivity contribution is 7.94. The first kappa shape index (κ1) is 23.5. The molecule has 11 heteroatoms. The SMILES string of the molecule is Cc1cc2c(cc1-c1nnc(C(C)(C)C#N)o1)N(Cc1ccc(Cl)cc1)C(=O)C(N)=CS2(=O)=O. The zero-order valence-electron chi connectivity index (χ0n) is 18.5. The van der Waals surface area contributed by atoms with Gasteiger partial charge in [0.15, 0.2) is 0 Å². The third-order valence-corrected chi connectivity index (χ3v) is 7.16. The number of sulfone groups is 1. The Bertz CT molecular complexity index is 1480. The van der Waals surface area contributed by atoms with Crippen LogP contribution in [0.2, 0.25) is 5.02 Å². The summed E-state index contributed by atoms with van der Waals surface area (Å²) in [5.41, 5.74) is 6.23. The molecule has 0 aliphatic carbocycles. The molecule has 0 unspecified atom stereocenters. The van der Waals surface area contributed by atoms with Gasteiger partial charge in [-0.2, -0.15) is 5.26 Å². The lowest BCUT2D eigenvalue weighted by Gasteiger charge is -2.24. The fraction of sp³-hybridized carbons (Fsp3) is 0.217. The molecule has 0 fully saturated rings. The Morgan fingerprint density at radius 3 is 2.53 bits per heavy atom. The van der Waals surface area contributed by atoms with Crippen molar-refractivity contribution in [2.75, 3.05) is 4.90 Å². The second kappa shape index (κ2) is 8.27.